The minimum Gasteiger partial charge on any atom is -0.381 e. The zero-order valence-electron chi connectivity index (χ0n) is 11.1. The van der Waals surface area contributed by atoms with E-state index in [-0.39, 0.29) is 12.1 Å². The highest BCUT2D eigenvalue weighted by Gasteiger charge is 2.20. The highest BCUT2D eigenvalue weighted by atomic mass is 16.2. The van der Waals surface area contributed by atoms with Crippen LogP contribution in [0.25, 0.3) is 0 Å². The molecule has 0 radical (unpaired) electrons. The van der Waals surface area contributed by atoms with E-state index in [0.717, 1.165) is 17.8 Å². The van der Waals surface area contributed by atoms with Crippen molar-refractivity contribution < 1.29 is 4.79 Å². The van der Waals surface area contributed by atoms with Gasteiger partial charge in [-0.2, -0.15) is 0 Å². The highest BCUT2D eigenvalue weighted by Crippen LogP contribution is 2.18. The molecule has 1 heterocycles. The maximum atomic E-state index is 11.1. The molecule has 2 aromatic carbocycles. The summed E-state index contributed by atoms with van der Waals surface area (Å²) < 4.78 is 0. The summed E-state index contributed by atoms with van der Waals surface area (Å²) in [6.07, 6.45) is 0. The smallest absolute Gasteiger partial charge is 0.315 e. The second kappa shape index (κ2) is 5.65. The number of nitrogens with one attached hydrogen (secondary N) is 3. The summed E-state index contributed by atoms with van der Waals surface area (Å²) in [5.74, 6) is 0. The van der Waals surface area contributed by atoms with Crippen LogP contribution in [0.1, 0.15) is 17.2 Å². The van der Waals surface area contributed by atoms with Crippen LogP contribution in [0.3, 0.4) is 0 Å². The molecule has 4 nitrogen and oxygen atoms in total. The summed E-state index contributed by atoms with van der Waals surface area (Å²) in [6.45, 7) is 1.46. The van der Waals surface area contributed by atoms with Gasteiger partial charge in [0.2, 0.25) is 0 Å². The third kappa shape index (κ3) is 2.91. The van der Waals surface area contributed by atoms with Gasteiger partial charge in [-0.15, -0.1) is 0 Å². The fourth-order valence-electron chi connectivity index (χ4n) is 2.29. The van der Waals surface area contributed by atoms with Crippen molar-refractivity contribution in [3.8, 4) is 0 Å². The predicted octanol–water partition coefficient (Wildman–Crippen LogP) is 2.65. The summed E-state index contributed by atoms with van der Waals surface area (Å²) in [5.41, 5.74) is 3.45. The highest BCUT2D eigenvalue weighted by molar-refractivity contribution is 5.76. The van der Waals surface area contributed by atoms with Crippen molar-refractivity contribution in [3.63, 3.8) is 0 Å². The van der Waals surface area contributed by atoms with Crippen LogP contribution in [0.5, 0.6) is 0 Å². The predicted molar refractivity (Wildman–Crippen MR) is 79.5 cm³/mol. The van der Waals surface area contributed by atoms with Crippen LogP contribution in [0.15, 0.2) is 54.6 Å². The number of anilines is 1. The molecule has 1 unspecified atom stereocenters. The first-order chi connectivity index (χ1) is 9.81. The number of carbonyl (C=O) groups is 1. The molecule has 0 aromatic heterocycles. The summed E-state index contributed by atoms with van der Waals surface area (Å²) in [7, 11) is 0. The molecule has 2 aromatic rings. The van der Waals surface area contributed by atoms with E-state index in [1.54, 1.807) is 0 Å². The third-order valence-corrected chi connectivity index (χ3v) is 3.42. The summed E-state index contributed by atoms with van der Waals surface area (Å²) in [6, 6.07) is 18.4. The Morgan fingerprint density at radius 1 is 1.05 bits per heavy atom. The molecule has 20 heavy (non-hydrogen) atoms. The lowest BCUT2D eigenvalue weighted by atomic mass is 10.1. The molecule has 4 heteroatoms. The van der Waals surface area contributed by atoms with Gasteiger partial charge in [-0.25, -0.2) is 4.79 Å². The van der Waals surface area contributed by atoms with Gasteiger partial charge in [0.15, 0.2) is 0 Å². The van der Waals surface area contributed by atoms with Gasteiger partial charge in [0.05, 0.1) is 6.04 Å². The topological polar surface area (TPSA) is 53.2 Å². The molecule has 1 aliphatic rings. The zero-order chi connectivity index (χ0) is 13.8. The Balaban J connectivity index is 1.60. The van der Waals surface area contributed by atoms with E-state index in [0.29, 0.717) is 6.54 Å². The molecule has 1 atom stereocenters. The average molecular weight is 267 g/mol. The fraction of sp³-hybridized carbons (Fsp3) is 0.188. The van der Waals surface area contributed by atoms with Crippen molar-refractivity contribution in [1.29, 1.82) is 0 Å². The molecular weight excluding hydrogens is 250 g/mol. The van der Waals surface area contributed by atoms with Gasteiger partial charge in [0, 0.05) is 18.8 Å². The minimum absolute atomic E-state index is 0.0747. The monoisotopic (exact) mass is 267 g/mol. The molecule has 0 saturated carbocycles. The van der Waals surface area contributed by atoms with Crippen LogP contribution < -0.4 is 16.0 Å². The number of carbonyl (C=O) groups excluding carboxylic acids is 1. The third-order valence-electron chi connectivity index (χ3n) is 3.42. The molecule has 1 saturated heterocycles. The van der Waals surface area contributed by atoms with E-state index in [9.17, 15) is 4.79 Å². The number of amides is 2. The van der Waals surface area contributed by atoms with Crippen LogP contribution >= 0.6 is 0 Å². The normalized spacial score (nSPS) is 17.4. The molecule has 0 spiro atoms. The first-order valence-electron chi connectivity index (χ1n) is 6.73. The Hall–Kier alpha value is -2.49. The van der Waals surface area contributed by atoms with Crippen LogP contribution in [-0.4, -0.2) is 12.6 Å². The maximum absolute atomic E-state index is 11.1. The van der Waals surface area contributed by atoms with E-state index in [1.165, 1.54) is 5.56 Å². The lowest BCUT2D eigenvalue weighted by molar-refractivity contribution is 0.247. The fourth-order valence-corrected chi connectivity index (χ4v) is 2.29. The van der Waals surface area contributed by atoms with E-state index >= 15 is 0 Å². The number of hydrogen-bond donors (Lipinski definition) is 3. The number of urea groups is 1. The van der Waals surface area contributed by atoms with Crippen molar-refractivity contribution in [1.82, 2.24) is 10.6 Å². The molecule has 1 fully saturated rings. The van der Waals surface area contributed by atoms with Gasteiger partial charge < -0.3 is 16.0 Å². The quantitative estimate of drug-likeness (QED) is 0.797. The summed E-state index contributed by atoms with van der Waals surface area (Å²) in [4.78, 5) is 11.1. The second-order valence-corrected chi connectivity index (χ2v) is 4.87. The Labute approximate surface area is 118 Å². The molecule has 0 bridgehead atoms. The first kappa shape index (κ1) is 12.5. The van der Waals surface area contributed by atoms with Crippen LogP contribution in [-0.2, 0) is 6.54 Å². The van der Waals surface area contributed by atoms with E-state index in [1.807, 2.05) is 42.5 Å². The Morgan fingerprint density at radius 2 is 1.80 bits per heavy atom. The van der Waals surface area contributed by atoms with Gasteiger partial charge in [-0.1, -0.05) is 42.5 Å². The Bertz CT molecular complexity index is 580. The molecule has 3 N–H and O–H groups in total. The number of benzene rings is 2. The molecule has 3 rings (SSSR count). The average Bonchev–Trinajstić information content (AvgIpc) is 2.93. The van der Waals surface area contributed by atoms with Crippen molar-refractivity contribution in [2.24, 2.45) is 0 Å². The molecule has 1 aliphatic heterocycles. The van der Waals surface area contributed by atoms with E-state index < -0.39 is 0 Å². The summed E-state index contributed by atoms with van der Waals surface area (Å²) in [5, 5.41) is 9.03. The maximum Gasteiger partial charge on any atom is 0.315 e. The zero-order valence-corrected chi connectivity index (χ0v) is 11.1. The van der Waals surface area contributed by atoms with Crippen LogP contribution in [0.2, 0.25) is 0 Å². The molecule has 102 valence electrons. The van der Waals surface area contributed by atoms with Gasteiger partial charge in [-0.05, 0) is 23.3 Å². The van der Waals surface area contributed by atoms with Gasteiger partial charge in [-0.3, -0.25) is 0 Å². The van der Waals surface area contributed by atoms with Crippen molar-refractivity contribution in [3.05, 3.63) is 65.7 Å². The SMILES string of the molecule is O=C1NCC(c2ccc(NCc3ccccc3)cc2)N1. The van der Waals surface area contributed by atoms with Crippen LogP contribution in [0.4, 0.5) is 10.5 Å². The second-order valence-electron chi connectivity index (χ2n) is 4.87. The standard InChI is InChI=1S/C16H17N3O/c20-16-18-11-15(19-16)13-6-8-14(9-7-13)17-10-12-4-2-1-3-5-12/h1-9,15,17H,10-11H2,(H2,18,19,20). The van der Waals surface area contributed by atoms with Crippen molar-refractivity contribution in [2.75, 3.05) is 11.9 Å². The van der Waals surface area contributed by atoms with Gasteiger partial charge in [0.1, 0.15) is 0 Å². The number of rotatable bonds is 4. The lowest BCUT2D eigenvalue weighted by Gasteiger charge is -2.11. The van der Waals surface area contributed by atoms with Crippen LogP contribution in [0, 0.1) is 0 Å². The minimum atomic E-state index is -0.0960. The Morgan fingerprint density at radius 3 is 2.45 bits per heavy atom. The van der Waals surface area contributed by atoms with E-state index in [4.69, 9.17) is 0 Å². The first-order valence-corrected chi connectivity index (χ1v) is 6.73. The molecular formula is C16H17N3O. The lowest BCUT2D eigenvalue weighted by Crippen LogP contribution is -2.21. The number of hydrogen-bond acceptors (Lipinski definition) is 2. The molecule has 2 amide bonds. The van der Waals surface area contributed by atoms with Gasteiger partial charge in [0.25, 0.3) is 0 Å². The summed E-state index contributed by atoms with van der Waals surface area (Å²) >= 11 is 0. The van der Waals surface area contributed by atoms with Crippen molar-refractivity contribution >= 4 is 11.7 Å². The van der Waals surface area contributed by atoms with E-state index in [2.05, 4.69) is 28.1 Å². The van der Waals surface area contributed by atoms with Crippen molar-refractivity contribution in [2.45, 2.75) is 12.6 Å². The Kier molecular flexibility index (Phi) is 3.54. The molecule has 0 aliphatic carbocycles. The van der Waals surface area contributed by atoms with Gasteiger partial charge >= 0.3 is 6.03 Å². The largest absolute Gasteiger partial charge is 0.381 e.